The number of rotatable bonds is 6. The lowest BCUT2D eigenvalue weighted by molar-refractivity contribution is -0.137. The average molecular weight is 212 g/mol. The quantitative estimate of drug-likeness (QED) is 0.727. The Morgan fingerprint density at radius 2 is 2.20 bits per heavy atom. The van der Waals surface area contributed by atoms with E-state index in [0.717, 1.165) is 18.9 Å². The molecule has 6 nitrogen and oxygen atoms in total. The van der Waals surface area contributed by atoms with Crippen molar-refractivity contribution in [1.29, 1.82) is 0 Å². The molecule has 0 amide bonds. The Kier molecular flexibility index (Phi) is 4.08. The first-order valence-corrected chi connectivity index (χ1v) is 5.06. The number of anilines is 1. The molecule has 0 bridgehead atoms. The molecule has 1 aromatic rings. The summed E-state index contributed by atoms with van der Waals surface area (Å²) >= 11 is 0. The molecule has 0 spiro atoms. The predicted octanol–water partition coefficient (Wildman–Crippen LogP) is 0.747. The Labute approximate surface area is 88.3 Å². The van der Waals surface area contributed by atoms with Crippen LogP contribution < -0.4 is 5.32 Å². The van der Waals surface area contributed by atoms with E-state index in [1.807, 2.05) is 18.4 Å². The third-order valence-corrected chi connectivity index (χ3v) is 2.04. The minimum absolute atomic E-state index is 0.0876. The Morgan fingerprint density at radius 1 is 1.47 bits per heavy atom. The van der Waals surface area contributed by atoms with Crippen molar-refractivity contribution in [2.75, 3.05) is 11.9 Å². The topological polar surface area (TPSA) is 80.0 Å². The van der Waals surface area contributed by atoms with Crippen LogP contribution in [0.4, 0.5) is 5.95 Å². The number of nitrogens with one attached hydrogen (secondary N) is 1. The molecule has 0 fully saturated rings. The summed E-state index contributed by atoms with van der Waals surface area (Å²) in [5, 5.41) is 19.6. The number of nitrogens with zero attached hydrogens (tertiary/aromatic N) is 3. The number of carboxylic acids is 1. The van der Waals surface area contributed by atoms with Gasteiger partial charge in [0, 0.05) is 19.5 Å². The van der Waals surface area contributed by atoms with Crippen molar-refractivity contribution in [2.24, 2.45) is 0 Å². The summed E-state index contributed by atoms with van der Waals surface area (Å²) in [4.78, 5) is 10.4. The van der Waals surface area contributed by atoms with E-state index < -0.39 is 5.97 Å². The van der Waals surface area contributed by atoms with Crippen LogP contribution >= 0.6 is 0 Å². The largest absolute Gasteiger partial charge is 0.481 e. The number of aryl methyl sites for hydroxylation is 1. The van der Waals surface area contributed by atoms with E-state index in [1.54, 1.807) is 0 Å². The lowest BCUT2D eigenvalue weighted by Gasteiger charge is -2.06. The monoisotopic (exact) mass is 212 g/mol. The maximum absolute atomic E-state index is 10.4. The van der Waals surface area contributed by atoms with Gasteiger partial charge in [-0.25, -0.2) is 0 Å². The summed E-state index contributed by atoms with van der Waals surface area (Å²) in [6.07, 6.45) is 0.506. The molecule has 1 heterocycles. The second kappa shape index (κ2) is 5.33. The fraction of sp³-hybridized carbons (Fsp3) is 0.667. The van der Waals surface area contributed by atoms with Crippen LogP contribution in [0.25, 0.3) is 0 Å². The van der Waals surface area contributed by atoms with Gasteiger partial charge in [0.2, 0.25) is 5.95 Å². The number of aromatic nitrogens is 3. The number of aliphatic carboxylic acids is 1. The van der Waals surface area contributed by atoms with Crippen molar-refractivity contribution in [3.63, 3.8) is 0 Å². The van der Waals surface area contributed by atoms with Gasteiger partial charge in [0.1, 0.15) is 5.82 Å². The highest BCUT2D eigenvalue weighted by atomic mass is 16.4. The van der Waals surface area contributed by atoms with Crippen LogP contribution in [0.2, 0.25) is 0 Å². The molecule has 1 rings (SSSR count). The highest BCUT2D eigenvalue weighted by molar-refractivity contribution is 5.66. The fourth-order valence-electron chi connectivity index (χ4n) is 1.36. The molecular formula is C9H16N4O2. The highest BCUT2D eigenvalue weighted by Crippen LogP contribution is 2.09. The zero-order chi connectivity index (χ0) is 11.3. The van der Waals surface area contributed by atoms with Gasteiger partial charge in [0.05, 0.1) is 6.42 Å². The Morgan fingerprint density at radius 3 is 2.73 bits per heavy atom. The molecule has 0 atom stereocenters. The Balaban J connectivity index is 2.74. The van der Waals surface area contributed by atoms with Gasteiger partial charge >= 0.3 is 5.97 Å². The normalized spacial score (nSPS) is 10.3. The molecule has 15 heavy (non-hydrogen) atoms. The number of hydrogen-bond acceptors (Lipinski definition) is 4. The Bertz CT molecular complexity index is 335. The van der Waals surface area contributed by atoms with Gasteiger partial charge in [0.15, 0.2) is 0 Å². The van der Waals surface area contributed by atoms with Gasteiger partial charge in [-0.3, -0.25) is 9.36 Å². The first-order chi connectivity index (χ1) is 7.19. The molecule has 0 saturated heterocycles. The summed E-state index contributed by atoms with van der Waals surface area (Å²) in [5.74, 6) is 0.613. The van der Waals surface area contributed by atoms with Crippen LogP contribution in [0.5, 0.6) is 0 Å². The fourth-order valence-corrected chi connectivity index (χ4v) is 1.36. The van der Waals surface area contributed by atoms with E-state index >= 15 is 0 Å². The predicted molar refractivity (Wildman–Crippen MR) is 55.8 cm³/mol. The van der Waals surface area contributed by atoms with E-state index in [9.17, 15) is 4.79 Å². The zero-order valence-corrected chi connectivity index (χ0v) is 9.03. The smallest absolute Gasteiger partial charge is 0.303 e. The summed E-state index contributed by atoms with van der Waals surface area (Å²) in [6.45, 7) is 5.47. The van der Waals surface area contributed by atoms with Crippen LogP contribution in [-0.2, 0) is 17.8 Å². The first-order valence-electron chi connectivity index (χ1n) is 5.06. The van der Waals surface area contributed by atoms with Gasteiger partial charge in [-0.1, -0.05) is 0 Å². The molecule has 6 heteroatoms. The van der Waals surface area contributed by atoms with E-state index in [4.69, 9.17) is 5.11 Å². The van der Waals surface area contributed by atoms with Gasteiger partial charge in [-0.05, 0) is 13.8 Å². The molecule has 0 saturated carbocycles. The lowest BCUT2D eigenvalue weighted by Crippen LogP contribution is -2.09. The molecule has 0 aliphatic heterocycles. The highest BCUT2D eigenvalue weighted by Gasteiger charge is 2.10. The average Bonchev–Trinajstić information content (AvgIpc) is 2.58. The van der Waals surface area contributed by atoms with Crippen LogP contribution in [0.3, 0.4) is 0 Å². The minimum atomic E-state index is -0.814. The van der Waals surface area contributed by atoms with E-state index in [-0.39, 0.29) is 6.42 Å². The van der Waals surface area contributed by atoms with E-state index in [1.165, 1.54) is 0 Å². The SMILES string of the molecule is CCNc1nnc(CCC(=O)O)n1CC. The first kappa shape index (κ1) is 11.5. The van der Waals surface area contributed by atoms with Gasteiger partial charge < -0.3 is 10.4 Å². The van der Waals surface area contributed by atoms with Gasteiger partial charge in [0.25, 0.3) is 0 Å². The second-order valence-corrected chi connectivity index (χ2v) is 3.11. The van der Waals surface area contributed by atoms with Crippen LogP contribution in [0.15, 0.2) is 0 Å². The zero-order valence-electron chi connectivity index (χ0n) is 9.03. The van der Waals surface area contributed by atoms with Crippen molar-refractivity contribution in [2.45, 2.75) is 33.2 Å². The number of hydrogen-bond donors (Lipinski definition) is 2. The summed E-state index contributed by atoms with van der Waals surface area (Å²) < 4.78 is 1.90. The van der Waals surface area contributed by atoms with E-state index in [2.05, 4.69) is 15.5 Å². The van der Waals surface area contributed by atoms with Crippen LogP contribution in [0.1, 0.15) is 26.1 Å². The van der Waals surface area contributed by atoms with Crippen molar-refractivity contribution < 1.29 is 9.90 Å². The Hall–Kier alpha value is -1.59. The van der Waals surface area contributed by atoms with Crippen molar-refractivity contribution in [1.82, 2.24) is 14.8 Å². The summed E-state index contributed by atoms with van der Waals surface area (Å²) in [6, 6.07) is 0. The molecular weight excluding hydrogens is 196 g/mol. The van der Waals surface area contributed by atoms with Gasteiger partial charge in [-0.15, -0.1) is 10.2 Å². The van der Waals surface area contributed by atoms with Crippen molar-refractivity contribution in [3.8, 4) is 0 Å². The number of carboxylic acid groups (broad SMARTS) is 1. The molecule has 0 aromatic carbocycles. The molecule has 0 aliphatic carbocycles. The molecule has 2 N–H and O–H groups in total. The summed E-state index contributed by atoms with van der Waals surface area (Å²) in [7, 11) is 0. The van der Waals surface area contributed by atoms with Crippen molar-refractivity contribution >= 4 is 11.9 Å². The number of carbonyl (C=O) groups is 1. The van der Waals surface area contributed by atoms with Crippen molar-refractivity contribution in [3.05, 3.63) is 5.82 Å². The van der Waals surface area contributed by atoms with E-state index in [0.29, 0.717) is 12.4 Å². The third-order valence-electron chi connectivity index (χ3n) is 2.04. The third kappa shape index (κ3) is 2.93. The second-order valence-electron chi connectivity index (χ2n) is 3.11. The van der Waals surface area contributed by atoms with Crippen LogP contribution in [0, 0.1) is 0 Å². The maximum Gasteiger partial charge on any atom is 0.303 e. The standard InChI is InChI=1S/C9H16N4O2/c1-3-10-9-12-11-7(13(9)4-2)5-6-8(14)15/h3-6H2,1-2H3,(H,10,12)(H,14,15). The maximum atomic E-state index is 10.4. The lowest BCUT2D eigenvalue weighted by atomic mass is 10.3. The minimum Gasteiger partial charge on any atom is -0.481 e. The molecule has 0 unspecified atom stereocenters. The van der Waals surface area contributed by atoms with Gasteiger partial charge in [-0.2, -0.15) is 0 Å². The molecule has 0 radical (unpaired) electrons. The molecule has 0 aliphatic rings. The van der Waals surface area contributed by atoms with Crippen LogP contribution in [-0.4, -0.2) is 32.4 Å². The molecule has 1 aromatic heterocycles. The summed E-state index contributed by atoms with van der Waals surface area (Å²) in [5.41, 5.74) is 0. The molecule has 84 valence electrons.